The molecule has 6 heteroatoms. The zero-order chi connectivity index (χ0) is 12.0. The fourth-order valence-electron chi connectivity index (χ4n) is 1.23. The van der Waals surface area contributed by atoms with Gasteiger partial charge >= 0.3 is 5.97 Å². The van der Waals surface area contributed by atoms with E-state index < -0.39 is 12.0 Å². The van der Waals surface area contributed by atoms with Crippen LogP contribution in [0.4, 0.5) is 5.69 Å². The molecule has 1 aromatic rings. The monoisotopic (exact) mass is 220 g/mol. The maximum absolute atomic E-state index is 10.9. The van der Waals surface area contributed by atoms with Gasteiger partial charge in [0.25, 0.3) is 0 Å². The molecule has 0 amide bonds. The van der Waals surface area contributed by atoms with Crippen molar-refractivity contribution in [2.45, 2.75) is 13.0 Å². The van der Waals surface area contributed by atoms with Gasteiger partial charge in [0.15, 0.2) is 0 Å². The molecular weight excluding hydrogens is 208 g/mol. The van der Waals surface area contributed by atoms with Gasteiger partial charge in [-0.05, 0) is 24.1 Å². The summed E-state index contributed by atoms with van der Waals surface area (Å²) in [6.45, 7) is 1.75. The third kappa shape index (κ3) is 3.18. The summed E-state index contributed by atoms with van der Waals surface area (Å²) in [6, 6.07) is 6.42. The van der Waals surface area contributed by atoms with Crippen molar-refractivity contribution in [1.82, 2.24) is 0 Å². The minimum atomic E-state index is -1.05. The highest BCUT2D eigenvalue weighted by Gasteiger charge is 2.16. The third-order valence-corrected chi connectivity index (χ3v) is 2.10. The molecule has 0 aliphatic carbocycles. The lowest BCUT2D eigenvalue weighted by Crippen LogP contribution is -2.32. The second-order valence-corrected chi connectivity index (χ2v) is 3.26. The van der Waals surface area contributed by atoms with Crippen molar-refractivity contribution in [1.29, 1.82) is 0 Å². The Morgan fingerprint density at radius 2 is 2.31 bits per heavy atom. The first-order valence-electron chi connectivity index (χ1n) is 4.71. The Kier molecular flexibility index (Phi) is 4.17. The van der Waals surface area contributed by atoms with E-state index in [0.717, 1.165) is 11.3 Å². The zero-order valence-electron chi connectivity index (χ0n) is 8.79. The number of anilines is 1. The number of benzene rings is 1. The third-order valence-electron chi connectivity index (χ3n) is 2.10. The average Bonchev–Trinajstić information content (AvgIpc) is 2.26. The van der Waals surface area contributed by atoms with Crippen LogP contribution in [0.15, 0.2) is 29.4 Å². The Morgan fingerprint density at radius 1 is 1.62 bits per heavy atom. The molecule has 2 N–H and O–H groups in total. The summed E-state index contributed by atoms with van der Waals surface area (Å²) in [5.41, 5.74) is 9.82. The topological polar surface area (TPSA) is 98.1 Å². The molecule has 0 bridgehead atoms. The van der Waals surface area contributed by atoms with Crippen molar-refractivity contribution in [3.05, 3.63) is 40.3 Å². The maximum atomic E-state index is 10.9. The Labute approximate surface area is 92.5 Å². The van der Waals surface area contributed by atoms with Crippen LogP contribution < -0.4 is 5.32 Å². The molecule has 0 aliphatic heterocycles. The molecule has 6 nitrogen and oxygen atoms in total. The molecule has 0 radical (unpaired) electrons. The van der Waals surface area contributed by atoms with Crippen LogP contribution in [-0.4, -0.2) is 23.7 Å². The summed E-state index contributed by atoms with van der Waals surface area (Å²) in [5, 5.41) is 15.0. The number of nitrogens with one attached hydrogen (secondary N) is 1. The van der Waals surface area contributed by atoms with Crippen LogP contribution in [0.25, 0.3) is 10.4 Å². The number of aliphatic carboxylic acids is 1. The molecule has 0 saturated carbocycles. The summed E-state index contributed by atoms with van der Waals surface area (Å²) >= 11 is 0. The lowest BCUT2D eigenvalue weighted by atomic mass is 10.2. The lowest BCUT2D eigenvalue weighted by molar-refractivity contribution is -0.137. The number of aryl methyl sites for hydroxylation is 1. The highest BCUT2D eigenvalue weighted by molar-refractivity contribution is 5.78. The van der Waals surface area contributed by atoms with Crippen LogP contribution in [0.3, 0.4) is 0 Å². The molecule has 0 aliphatic rings. The molecule has 0 heterocycles. The second kappa shape index (κ2) is 5.63. The fraction of sp³-hybridized carbons (Fsp3) is 0.300. The van der Waals surface area contributed by atoms with Crippen molar-refractivity contribution < 1.29 is 9.90 Å². The van der Waals surface area contributed by atoms with Gasteiger partial charge in [0.1, 0.15) is 6.04 Å². The second-order valence-electron chi connectivity index (χ2n) is 3.26. The first kappa shape index (κ1) is 11.9. The SMILES string of the molecule is Cc1ccccc1NC(CN=[N+]=[N-])C(=O)O. The first-order chi connectivity index (χ1) is 7.65. The standard InChI is InChI=1S/C10H12N4O2/c1-7-4-2-3-5-8(7)13-9(10(15)16)6-12-14-11/h2-5,9,13H,6H2,1H3,(H,15,16). The van der Waals surface area contributed by atoms with E-state index in [0.29, 0.717) is 0 Å². The van der Waals surface area contributed by atoms with E-state index in [2.05, 4.69) is 15.3 Å². The highest BCUT2D eigenvalue weighted by atomic mass is 16.4. The summed E-state index contributed by atoms with van der Waals surface area (Å²) in [4.78, 5) is 13.4. The minimum absolute atomic E-state index is 0.125. The summed E-state index contributed by atoms with van der Waals surface area (Å²) in [7, 11) is 0. The van der Waals surface area contributed by atoms with Gasteiger partial charge in [-0.25, -0.2) is 4.79 Å². The van der Waals surface area contributed by atoms with Crippen LogP contribution in [0.5, 0.6) is 0 Å². The Balaban J connectivity index is 2.79. The summed E-state index contributed by atoms with van der Waals surface area (Å²) in [6.07, 6.45) is 0. The van der Waals surface area contributed by atoms with Gasteiger partial charge in [0.2, 0.25) is 0 Å². The minimum Gasteiger partial charge on any atom is -0.480 e. The predicted molar refractivity (Wildman–Crippen MR) is 60.2 cm³/mol. The van der Waals surface area contributed by atoms with E-state index in [9.17, 15) is 4.79 Å². The fourth-order valence-corrected chi connectivity index (χ4v) is 1.23. The molecule has 0 aromatic heterocycles. The van der Waals surface area contributed by atoms with Gasteiger partial charge in [0.05, 0.1) is 6.54 Å². The molecule has 0 fully saturated rings. The zero-order valence-corrected chi connectivity index (χ0v) is 8.79. The number of azide groups is 1. The van der Waals surface area contributed by atoms with Crippen LogP contribution in [0.1, 0.15) is 5.56 Å². The Morgan fingerprint density at radius 3 is 2.88 bits per heavy atom. The van der Waals surface area contributed by atoms with Crippen LogP contribution in [-0.2, 0) is 4.79 Å². The largest absolute Gasteiger partial charge is 0.480 e. The van der Waals surface area contributed by atoms with Crippen molar-refractivity contribution >= 4 is 11.7 Å². The molecular formula is C10H12N4O2. The van der Waals surface area contributed by atoms with Gasteiger partial charge in [-0.3, -0.25) is 0 Å². The lowest BCUT2D eigenvalue weighted by Gasteiger charge is -2.15. The number of hydrogen-bond donors (Lipinski definition) is 2. The van der Waals surface area contributed by atoms with E-state index >= 15 is 0 Å². The number of rotatable bonds is 5. The molecule has 84 valence electrons. The Bertz CT molecular complexity index is 427. The predicted octanol–water partition coefficient (Wildman–Crippen LogP) is 2.17. The normalized spacial score (nSPS) is 11.3. The molecule has 1 aromatic carbocycles. The number of para-hydroxylation sites is 1. The van der Waals surface area contributed by atoms with E-state index in [1.54, 1.807) is 6.07 Å². The summed E-state index contributed by atoms with van der Waals surface area (Å²) in [5.74, 6) is -1.05. The number of nitrogens with zero attached hydrogens (tertiary/aromatic N) is 3. The number of carboxylic acids is 1. The molecule has 0 saturated heterocycles. The molecule has 1 rings (SSSR count). The van der Waals surface area contributed by atoms with Gasteiger partial charge < -0.3 is 10.4 Å². The smallest absolute Gasteiger partial charge is 0.326 e. The van der Waals surface area contributed by atoms with Crippen LogP contribution in [0.2, 0.25) is 0 Å². The molecule has 1 unspecified atom stereocenters. The molecule has 1 atom stereocenters. The van der Waals surface area contributed by atoms with Gasteiger partial charge in [-0.15, -0.1) is 0 Å². The number of carboxylic acid groups (broad SMARTS) is 1. The maximum Gasteiger partial charge on any atom is 0.326 e. The molecule has 0 spiro atoms. The van der Waals surface area contributed by atoms with Crippen molar-refractivity contribution in [3.8, 4) is 0 Å². The average molecular weight is 220 g/mol. The van der Waals surface area contributed by atoms with Gasteiger partial charge in [0, 0.05) is 10.6 Å². The van der Waals surface area contributed by atoms with Gasteiger partial charge in [-0.1, -0.05) is 23.3 Å². The summed E-state index contributed by atoms with van der Waals surface area (Å²) < 4.78 is 0. The van der Waals surface area contributed by atoms with E-state index in [1.165, 1.54) is 0 Å². The van der Waals surface area contributed by atoms with E-state index in [4.69, 9.17) is 10.6 Å². The van der Waals surface area contributed by atoms with Crippen molar-refractivity contribution in [3.63, 3.8) is 0 Å². The van der Waals surface area contributed by atoms with E-state index in [-0.39, 0.29) is 6.54 Å². The number of carbonyl (C=O) groups is 1. The van der Waals surface area contributed by atoms with Crippen molar-refractivity contribution in [2.75, 3.05) is 11.9 Å². The van der Waals surface area contributed by atoms with Crippen LogP contribution >= 0.6 is 0 Å². The quantitative estimate of drug-likeness (QED) is 0.452. The molecule has 16 heavy (non-hydrogen) atoms. The van der Waals surface area contributed by atoms with Crippen LogP contribution in [0, 0.1) is 6.92 Å². The Hall–Kier alpha value is -2.20. The first-order valence-corrected chi connectivity index (χ1v) is 4.71. The van der Waals surface area contributed by atoms with Gasteiger partial charge in [-0.2, -0.15) is 0 Å². The van der Waals surface area contributed by atoms with Crippen molar-refractivity contribution in [2.24, 2.45) is 5.11 Å². The van der Waals surface area contributed by atoms with E-state index in [1.807, 2.05) is 25.1 Å². The number of hydrogen-bond acceptors (Lipinski definition) is 3. The highest BCUT2D eigenvalue weighted by Crippen LogP contribution is 2.14.